The predicted molar refractivity (Wildman–Crippen MR) is 59.6 cm³/mol. The molecule has 1 aromatic carbocycles. The summed E-state index contributed by atoms with van der Waals surface area (Å²) in [5.41, 5.74) is 0.423. The molecule has 0 aromatic heterocycles. The monoisotopic (exact) mass is 225 g/mol. The van der Waals surface area contributed by atoms with Gasteiger partial charge in [0.15, 0.2) is 0 Å². The van der Waals surface area contributed by atoms with Crippen LogP contribution in [0.5, 0.6) is 0 Å². The lowest BCUT2D eigenvalue weighted by Gasteiger charge is -2.05. The fourth-order valence-electron chi connectivity index (χ4n) is 1.32. The molecule has 16 heavy (non-hydrogen) atoms. The van der Waals surface area contributed by atoms with Crippen molar-refractivity contribution in [3.63, 3.8) is 0 Å². The van der Waals surface area contributed by atoms with Gasteiger partial charge in [0, 0.05) is 20.3 Å². The van der Waals surface area contributed by atoms with Crippen LogP contribution in [0.15, 0.2) is 24.3 Å². The minimum atomic E-state index is -0.338. The standard InChI is InChI=1S/C12H16FNO2/c1-16-8-4-7-14-12(15)9-10-5-2-3-6-11(10)13/h2-3,5-6H,4,7-9H2,1H3,(H,14,15). The molecule has 3 nitrogen and oxygen atoms in total. The van der Waals surface area contributed by atoms with Crippen LogP contribution >= 0.6 is 0 Å². The van der Waals surface area contributed by atoms with Gasteiger partial charge in [-0.25, -0.2) is 4.39 Å². The van der Waals surface area contributed by atoms with Gasteiger partial charge in [0.2, 0.25) is 5.91 Å². The molecule has 0 fully saturated rings. The lowest BCUT2D eigenvalue weighted by Crippen LogP contribution is -2.27. The molecule has 0 aliphatic rings. The zero-order valence-electron chi connectivity index (χ0n) is 9.33. The van der Waals surface area contributed by atoms with E-state index in [9.17, 15) is 9.18 Å². The van der Waals surface area contributed by atoms with Crippen LogP contribution in [0.2, 0.25) is 0 Å². The summed E-state index contributed by atoms with van der Waals surface area (Å²) in [6.45, 7) is 1.17. The maximum absolute atomic E-state index is 13.2. The highest BCUT2D eigenvalue weighted by Gasteiger charge is 2.06. The fourth-order valence-corrected chi connectivity index (χ4v) is 1.32. The first kappa shape index (κ1) is 12.6. The van der Waals surface area contributed by atoms with Crippen LogP contribution in [0.4, 0.5) is 4.39 Å². The molecule has 1 amide bonds. The van der Waals surface area contributed by atoms with Crippen molar-refractivity contribution in [2.45, 2.75) is 12.8 Å². The third kappa shape index (κ3) is 4.40. The minimum absolute atomic E-state index is 0.0830. The summed E-state index contributed by atoms with van der Waals surface area (Å²) in [7, 11) is 1.61. The predicted octanol–water partition coefficient (Wildman–Crippen LogP) is 1.52. The van der Waals surface area contributed by atoms with Gasteiger partial charge in [-0.2, -0.15) is 0 Å². The maximum Gasteiger partial charge on any atom is 0.224 e. The number of methoxy groups -OCH3 is 1. The van der Waals surface area contributed by atoms with Crippen molar-refractivity contribution in [1.29, 1.82) is 0 Å². The zero-order chi connectivity index (χ0) is 11.8. The molecule has 0 saturated carbocycles. The number of rotatable bonds is 6. The van der Waals surface area contributed by atoms with Crippen molar-refractivity contribution in [2.24, 2.45) is 0 Å². The molecule has 0 heterocycles. The van der Waals surface area contributed by atoms with E-state index < -0.39 is 0 Å². The van der Waals surface area contributed by atoms with Gasteiger partial charge in [0.05, 0.1) is 6.42 Å². The van der Waals surface area contributed by atoms with Crippen LogP contribution < -0.4 is 5.32 Å². The van der Waals surface area contributed by atoms with E-state index in [4.69, 9.17) is 4.74 Å². The van der Waals surface area contributed by atoms with Gasteiger partial charge in [-0.05, 0) is 18.1 Å². The van der Waals surface area contributed by atoms with Crippen molar-refractivity contribution in [2.75, 3.05) is 20.3 Å². The molecular weight excluding hydrogens is 209 g/mol. The average Bonchev–Trinajstić information content (AvgIpc) is 2.28. The topological polar surface area (TPSA) is 38.3 Å². The van der Waals surface area contributed by atoms with Crippen LogP contribution in [0, 0.1) is 5.82 Å². The average molecular weight is 225 g/mol. The highest BCUT2D eigenvalue weighted by molar-refractivity contribution is 5.78. The number of hydrogen-bond acceptors (Lipinski definition) is 2. The quantitative estimate of drug-likeness (QED) is 0.745. The van der Waals surface area contributed by atoms with Crippen LogP contribution in [0.1, 0.15) is 12.0 Å². The van der Waals surface area contributed by atoms with Gasteiger partial charge < -0.3 is 10.1 Å². The fraction of sp³-hybridized carbons (Fsp3) is 0.417. The Morgan fingerprint density at radius 2 is 2.19 bits per heavy atom. The third-order valence-corrected chi connectivity index (χ3v) is 2.16. The molecule has 88 valence electrons. The molecule has 0 unspecified atom stereocenters. The van der Waals surface area contributed by atoms with Gasteiger partial charge in [0.25, 0.3) is 0 Å². The summed E-state index contributed by atoms with van der Waals surface area (Å²) in [6.07, 6.45) is 0.846. The van der Waals surface area contributed by atoms with Crippen molar-refractivity contribution < 1.29 is 13.9 Å². The Labute approximate surface area is 94.6 Å². The lowest BCUT2D eigenvalue weighted by molar-refractivity contribution is -0.120. The van der Waals surface area contributed by atoms with Crippen molar-refractivity contribution >= 4 is 5.91 Å². The van der Waals surface area contributed by atoms with E-state index in [1.807, 2.05) is 0 Å². The molecule has 0 radical (unpaired) electrons. The van der Waals surface area contributed by atoms with Crippen LogP contribution in [-0.4, -0.2) is 26.2 Å². The largest absolute Gasteiger partial charge is 0.385 e. The van der Waals surface area contributed by atoms with E-state index in [0.717, 1.165) is 6.42 Å². The van der Waals surface area contributed by atoms with E-state index in [1.54, 1.807) is 25.3 Å². The lowest BCUT2D eigenvalue weighted by atomic mass is 10.1. The van der Waals surface area contributed by atoms with Gasteiger partial charge in [-0.15, -0.1) is 0 Å². The minimum Gasteiger partial charge on any atom is -0.385 e. The van der Waals surface area contributed by atoms with Crippen molar-refractivity contribution in [3.05, 3.63) is 35.6 Å². The summed E-state index contributed by atoms with van der Waals surface area (Å²) in [5, 5.41) is 2.71. The number of amides is 1. The van der Waals surface area contributed by atoms with Gasteiger partial charge >= 0.3 is 0 Å². The molecule has 4 heteroatoms. The van der Waals surface area contributed by atoms with Crippen molar-refractivity contribution in [1.82, 2.24) is 5.32 Å². The van der Waals surface area contributed by atoms with Gasteiger partial charge in [0.1, 0.15) is 5.82 Å². The van der Waals surface area contributed by atoms with Gasteiger partial charge in [-0.1, -0.05) is 18.2 Å². The van der Waals surface area contributed by atoms with Crippen LogP contribution in [0.3, 0.4) is 0 Å². The molecule has 0 aliphatic heterocycles. The molecule has 0 saturated heterocycles. The number of carbonyl (C=O) groups is 1. The highest BCUT2D eigenvalue weighted by atomic mass is 19.1. The number of carbonyl (C=O) groups excluding carboxylic acids is 1. The van der Waals surface area contributed by atoms with Crippen molar-refractivity contribution in [3.8, 4) is 0 Å². The number of ether oxygens (including phenoxy) is 1. The number of hydrogen-bond donors (Lipinski definition) is 1. The van der Waals surface area contributed by atoms with Gasteiger partial charge in [-0.3, -0.25) is 4.79 Å². The highest BCUT2D eigenvalue weighted by Crippen LogP contribution is 2.06. The number of nitrogens with one attached hydrogen (secondary N) is 1. The number of halogens is 1. The summed E-state index contributed by atoms with van der Waals surface area (Å²) in [4.78, 5) is 11.4. The Kier molecular flexibility index (Phi) is 5.50. The smallest absolute Gasteiger partial charge is 0.224 e. The molecular formula is C12H16FNO2. The summed E-state index contributed by atoms with van der Waals surface area (Å²) >= 11 is 0. The summed E-state index contributed by atoms with van der Waals surface area (Å²) < 4.78 is 18.0. The second-order valence-corrected chi connectivity index (χ2v) is 3.46. The van der Waals surface area contributed by atoms with E-state index in [2.05, 4.69) is 5.32 Å². The first-order valence-corrected chi connectivity index (χ1v) is 5.23. The normalized spacial score (nSPS) is 10.1. The third-order valence-electron chi connectivity index (χ3n) is 2.16. The van der Waals surface area contributed by atoms with Crippen LogP contribution in [-0.2, 0) is 16.0 Å². The Bertz CT molecular complexity index is 342. The zero-order valence-corrected chi connectivity index (χ0v) is 9.33. The molecule has 0 bridgehead atoms. The molecule has 0 atom stereocenters. The SMILES string of the molecule is COCCCNC(=O)Cc1ccccc1F. The second kappa shape index (κ2) is 6.95. The van der Waals surface area contributed by atoms with E-state index in [0.29, 0.717) is 18.7 Å². The molecule has 0 spiro atoms. The first-order chi connectivity index (χ1) is 7.74. The van der Waals surface area contributed by atoms with E-state index in [1.165, 1.54) is 6.07 Å². The summed E-state index contributed by atoms with van der Waals surface area (Å²) in [6, 6.07) is 6.30. The molecule has 1 aromatic rings. The Morgan fingerprint density at radius 3 is 2.88 bits per heavy atom. The van der Waals surface area contributed by atoms with E-state index in [-0.39, 0.29) is 18.1 Å². The Morgan fingerprint density at radius 1 is 1.44 bits per heavy atom. The maximum atomic E-state index is 13.2. The molecule has 1 rings (SSSR count). The van der Waals surface area contributed by atoms with E-state index >= 15 is 0 Å². The Hall–Kier alpha value is -1.42. The second-order valence-electron chi connectivity index (χ2n) is 3.46. The number of benzene rings is 1. The summed E-state index contributed by atoms with van der Waals surface area (Å²) in [5.74, 6) is -0.504. The molecule has 0 aliphatic carbocycles. The Balaban J connectivity index is 2.32. The first-order valence-electron chi connectivity index (χ1n) is 5.23. The van der Waals surface area contributed by atoms with Crippen LogP contribution in [0.25, 0.3) is 0 Å². The molecule has 1 N–H and O–H groups in total.